The van der Waals surface area contributed by atoms with E-state index in [1.54, 1.807) is 4.90 Å². The van der Waals surface area contributed by atoms with E-state index in [4.69, 9.17) is 18.0 Å². The molecule has 2 saturated heterocycles. The van der Waals surface area contributed by atoms with Crippen LogP contribution in [0.15, 0.2) is 91.0 Å². The molecule has 3 aromatic rings. The number of halogens is 1. The molecule has 2 fully saturated rings. The van der Waals surface area contributed by atoms with E-state index in [-0.39, 0.29) is 48.1 Å². The summed E-state index contributed by atoms with van der Waals surface area (Å²) in [7, 11) is 0. The van der Waals surface area contributed by atoms with Gasteiger partial charge in [0.1, 0.15) is 12.1 Å². The second-order valence-electron chi connectivity index (χ2n) is 12.1. The monoisotopic (exact) mass is 675 g/mol. The molecular formula is C36H44ClN6O3S-. The number of benzene rings is 3. The summed E-state index contributed by atoms with van der Waals surface area (Å²) in [6, 6.07) is 26.9. The fourth-order valence-electron chi connectivity index (χ4n) is 6.49. The first kappa shape index (κ1) is 35.9. The highest BCUT2D eigenvalue weighted by molar-refractivity contribution is 7.80. The third-order valence-corrected chi connectivity index (χ3v) is 9.40. The Morgan fingerprint density at radius 1 is 0.872 bits per heavy atom. The van der Waals surface area contributed by atoms with Crippen molar-refractivity contribution in [2.45, 2.75) is 75.8 Å². The highest BCUT2D eigenvalue weighted by Crippen LogP contribution is 2.35. The number of hydrogen-bond donors (Lipinski definition) is 5. The largest absolute Gasteiger partial charge is 1.00 e. The lowest BCUT2D eigenvalue weighted by molar-refractivity contribution is -0.143. The van der Waals surface area contributed by atoms with E-state index in [0.717, 1.165) is 29.5 Å². The van der Waals surface area contributed by atoms with Crippen LogP contribution in [0.25, 0.3) is 0 Å². The smallest absolute Gasteiger partial charge is 0.246 e. The molecule has 2 aliphatic rings. The lowest BCUT2D eigenvalue weighted by atomic mass is 9.92. The van der Waals surface area contributed by atoms with E-state index >= 15 is 0 Å². The number of carbonyl (C=O) groups is 3. The highest BCUT2D eigenvalue weighted by Gasteiger charge is 2.48. The molecule has 0 saturated carbocycles. The van der Waals surface area contributed by atoms with Crippen molar-refractivity contribution in [2.24, 2.45) is 11.7 Å². The van der Waals surface area contributed by atoms with Crippen molar-refractivity contribution < 1.29 is 26.8 Å². The van der Waals surface area contributed by atoms with Gasteiger partial charge in [0, 0.05) is 25.0 Å². The Morgan fingerprint density at radius 2 is 1.45 bits per heavy atom. The molecule has 47 heavy (non-hydrogen) atoms. The molecule has 0 unspecified atom stereocenters. The second kappa shape index (κ2) is 17.2. The van der Waals surface area contributed by atoms with E-state index in [1.165, 1.54) is 0 Å². The van der Waals surface area contributed by atoms with Gasteiger partial charge in [-0.05, 0) is 61.0 Å². The van der Waals surface area contributed by atoms with Gasteiger partial charge in [-0.2, -0.15) is 0 Å². The zero-order valence-electron chi connectivity index (χ0n) is 26.6. The van der Waals surface area contributed by atoms with Crippen LogP contribution < -0.4 is 39.4 Å². The zero-order valence-corrected chi connectivity index (χ0v) is 28.2. The standard InChI is InChI=1S/C36H44N6O3S.ClH/c1-2-29(37)33(43)41-32-27(23-39-36(46)38-22-24-12-6-3-7-13-24)18-19-28-20-21-30(42(28)35(32)45)34(44)40-31(25-14-8-4-9-15-25)26-16-10-5-11-17-26;/h3-17,27-32H,2,18-23,37H2,1H3,(H,40,44)(H,41,43)(H2,38,39,46);1H/p-1/t27-,28+,29+,30+,32+;/m1./s1. The molecule has 5 atom stereocenters. The van der Waals surface area contributed by atoms with Gasteiger partial charge in [0.05, 0.1) is 12.1 Å². The summed E-state index contributed by atoms with van der Waals surface area (Å²) in [5.41, 5.74) is 9.10. The normalized spacial score (nSPS) is 21.1. The maximum absolute atomic E-state index is 14.4. The zero-order chi connectivity index (χ0) is 32.5. The van der Waals surface area contributed by atoms with E-state index < -0.39 is 18.1 Å². The lowest BCUT2D eigenvalue weighted by Gasteiger charge is -2.33. The average Bonchev–Trinajstić information content (AvgIpc) is 3.48. The van der Waals surface area contributed by atoms with Crippen molar-refractivity contribution in [3.8, 4) is 0 Å². The van der Waals surface area contributed by atoms with Gasteiger partial charge >= 0.3 is 0 Å². The molecule has 0 aliphatic carbocycles. The first-order chi connectivity index (χ1) is 22.4. The molecule has 250 valence electrons. The third-order valence-electron chi connectivity index (χ3n) is 9.12. The Bertz CT molecular complexity index is 1440. The Kier molecular flexibility index (Phi) is 13.2. The maximum Gasteiger partial charge on any atom is 0.246 e. The van der Waals surface area contributed by atoms with Crippen molar-refractivity contribution in [3.63, 3.8) is 0 Å². The van der Waals surface area contributed by atoms with Crippen molar-refractivity contribution >= 4 is 35.1 Å². The van der Waals surface area contributed by atoms with Gasteiger partial charge in [-0.1, -0.05) is 97.9 Å². The van der Waals surface area contributed by atoms with Crippen LogP contribution >= 0.6 is 12.2 Å². The van der Waals surface area contributed by atoms with Crippen molar-refractivity contribution in [2.75, 3.05) is 6.54 Å². The Morgan fingerprint density at radius 3 is 2.04 bits per heavy atom. The van der Waals surface area contributed by atoms with Gasteiger partial charge < -0.3 is 44.3 Å². The van der Waals surface area contributed by atoms with Gasteiger partial charge in [-0.3, -0.25) is 14.4 Å². The summed E-state index contributed by atoms with van der Waals surface area (Å²) >= 11 is 5.55. The number of thiocarbonyl (C=S) groups is 1. The summed E-state index contributed by atoms with van der Waals surface area (Å²) < 4.78 is 0. The second-order valence-corrected chi connectivity index (χ2v) is 12.6. The average molecular weight is 676 g/mol. The molecule has 5 rings (SSSR count). The summed E-state index contributed by atoms with van der Waals surface area (Å²) in [5.74, 6) is -1.07. The topological polar surface area (TPSA) is 129 Å². The van der Waals surface area contributed by atoms with Crippen LogP contribution in [0.2, 0.25) is 0 Å². The first-order valence-corrected chi connectivity index (χ1v) is 16.6. The molecule has 0 spiro atoms. The molecule has 0 radical (unpaired) electrons. The molecule has 2 heterocycles. The summed E-state index contributed by atoms with van der Waals surface area (Å²) in [5, 5.41) is 13.2. The van der Waals surface area contributed by atoms with Crippen molar-refractivity contribution in [1.82, 2.24) is 26.2 Å². The number of rotatable bonds is 11. The molecular weight excluding hydrogens is 632 g/mol. The summed E-state index contributed by atoms with van der Waals surface area (Å²) in [4.78, 5) is 43.2. The van der Waals surface area contributed by atoms with Crippen LogP contribution in [0.1, 0.15) is 61.8 Å². The molecule has 11 heteroatoms. The molecule has 6 N–H and O–H groups in total. The number of fused-ring (bicyclic) bond motifs is 1. The number of amides is 3. The van der Waals surface area contributed by atoms with Gasteiger partial charge in [0.2, 0.25) is 17.7 Å². The van der Waals surface area contributed by atoms with Crippen LogP contribution in [0.4, 0.5) is 0 Å². The molecule has 3 amide bonds. The fraction of sp³-hybridized carbons (Fsp3) is 0.389. The highest BCUT2D eigenvalue weighted by atomic mass is 35.5. The molecule has 9 nitrogen and oxygen atoms in total. The van der Waals surface area contributed by atoms with E-state index in [9.17, 15) is 14.4 Å². The van der Waals surface area contributed by atoms with Crippen LogP contribution in [0.3, 0.4) is 0 Å². The number of nitrogens with zero attached hydrogens (tertiary/aromatic N) is 1. The third kappa shape index (κ3) is 9.09. The quantitative estimate of drug-likeness (QED) is 0.188. The molecule has 3 aromatic carbocycles. The predicted molar refractivity (Wildman–Crippen MR) is 183 cm³/mol. The van der Waals surface area contributed by atoms with Crippen LogP contribution in [0, 0.1) is 5.92 Å². The van der Waals surface area contributed by atoms with Gasteiger partial charge in [0.25, 0.3) is 0 Å². The number of hydrogen-bond acceptors (Lipinski definition) is 5. The van der Waals surface area contributed by atoms with E-state index in [1.807, 2.05) is 97.9 Å². The Balaban J connectivity index is 0.00000500. The SMILES string of the molecule is CC[C@H](N)C(=O)N[C@@H]1C(=O)N2[C@@H](CC[C@@H]1CNC(=S)NCc1ccccc1)CC[C@H]2C(=O)NC(c1ccccc1)c1ccccc1.[Cl-]. The number of nitrogens with one attached hydrogen (secondary N) is 4. The van der Waals surface area contributed by atoms with Crippen LogP contribution in [-0.2, 0) is 20.9 Å². The molecule has 2 aliphatic heterocycles. The van der Waals surface area contributed by atoms with E-state index in [0.29, 0.717) is 37.5 Å². The van der Waals surface area contributed by atoms with Gasteiger partial charge in [0.15, 0.2) is 5.11 Å². The molecule has 0 aromatic heterocycles. The Labute approximate surface area is 288 Å². The fourth-order valence-corrected chi connectivity index (χ4v) is 6.65. The van der Waals surface area contributed by atoms with Crippen molar-refractivity contribution in [1.29, 1.82) is 0 Å². The van der Waals surface area contributed by atoms with Crippen molar-refractivity contribution in [3.05, 3.63) is 108 Å². The van der Waals surface area contributed by atoms with E-state index in [2.05, 4.69) is 21.3 Å². The maximum atomic E-state index is 14.4. The van der Waals surface area contributed by atoms with Crippen LogP contribution in [-0.4, -0.2) is 58.4 Å². The molecule has 0 bridgehead atoms. The first-order valence-electron chi connectivity index (χ1n) is 16.2. The minimum absolute atomic E-state index is 0. The Hall–Kier alpha value is -3.99. The lowest BCUT2D eigenvalue weighted by Crippen LogP contribution is -3.00. The number of carbonyl (C=O) groups excluding carboxylic acids is 3. The summed E-state index contributed by atoms with van der Waals surface area (Å²) in [6.07, 6.45) is 3.13. The predicted octanol–water partition coefficient (Wildman–Crippen LogP) is 0.552. The van der Waals surface area contributed by atoms with Gasteiger partial charge in [-0.25, -0.2) is 0 Å². The number of nitrogens with two attached hydrogens (primary N) is 1. The minimum atomic E-state index is -0.841. The van der Waals surface area contributed by atoms with Gasteiger partial charge in [-0.15, -0.1) is 0 Å². The van der Waals surface area contributed by atoms with Crippen LogP contribution in [0.5, 0.6) is 0 Å². The minimum Gasteiger partial charge on any atom is -1.00 e. The summed E-state index contributed by atoms with van der Waals surface area (Å²) in [6.45, 7) is 2.80.